The van der Waals surface area contributed by atoms with Gasteiger partial charge in [0.25, 0.3) is 0 Å². The quantitative estimate of drug-likeness (QED) is 0.608. The molecule has 1 aliphatic carbocycles. The van der Waals surface area contributed by atoms with Gasteiger partial charge in [-0.1, -0.05) is 19.8 Å². The molecule has 0 amide bonds. The number of nitrogens with two attached hydrogens (primary N) is 1. The van der Waals surface area contributed by atoms with Crippen molar-refractivity contribution in [2.45, 2.75) is 38.6 Å². The minimum absolute atomic E-state index is 0.397. The minimum atomic E-state index is 0.397. The first-order valence-electron chi connectivity index (χ1n) is 5.65. The zero-order chi connectivity index (χ0) is 10.7. The second-order valence-corrected chi connectivity index (χ2v) is 5.45. The summed E-state index contributed by atoms with van der Waals surface area (Å²) in [6.45, 7) is 2.34. The Morgan fingerprint density at radius 3 is 3.07 bits per heavy atom. The van der Waals surface area contributed by atoms with E-state index in [4.69, 9.17) is 5.84 Å². The largest absolute Gasteiger partial charge is 0.271 e. The summed E-state index contributed by atoms with van der Waals surface area (Å²) in [6, 6.07) is 0.397. The molecular weight excluding hydrogens is 206 g/mol. The SMILES string of the molecule is CC1CCCC1C(Cc1nccs1)NN. The highest BCUT2D eigenvalue weighted by atomic mass is 32.1. The van der Waals surface area contributed by atoms with Gasteiger partial charge in [-0.05, 0) is 18.3 Å². The Bertz CT molecular complexity index is 286. The molecule has 1 aliphatic rings. The average Bonchev–Trinajstić information content (AvgIpc) is 2.85. The summed E-state index contributed by atoms with van der Waals surface area (Å²) in [5.41, 5.74) is 2.98. The van der Waals surface area contributed by atoms with E-state index in [1.54, 1.807) is 11.3 Å². The molecule has 0 radical (unpaired) electrons. The summed E-state index contributed by atoms with van der Waals surface area (Å²) in [6.07, 6.45) is 6.85. The first kappa shape index (κ1) is 11.0. The van der Waals surface area contributed by atoms with E-state index in [1.807, 2.05) is 11.6 Å². The zero-order valence-corrected chi connectivity index (χ0v) is 9.96. The van der Waals surface area contributed by atoms with Crippen LogP contribution in [0.25, 0.3) is 0 Å². The molecule has 84 valence electrons. The molecular formula is C11H19N3S. The Kier molecular flexibility index (Phi) is 3.72. The lowest BCUT2D eigenvalue weighted by Crippen LogP contribution is -2.43. The maximum absolute atomic E-state index is 5.66. The number of hydrogen-bond donors (Lipinski definition) is 2. The topological polar surface area (TPSA) is 50.9 Å². The van der Waals surface area contributed by atoms with Crippen LogP contribution in [0.4, 0.5) is 0 Å². The monoisotopic (exact) mass is 225 g/mol. The molecule has 1 aromatic heterocycles. The van der Waals surface area contributed by atoms with Gasteiger partial charge in [-0.3, -0.25) is 11.3 Å². The van der Waals surface area contributed by atoms with Crippen molar-refractivity contribution in [1.29, 1.82) is 0 Å². The van der Waals surface area contributed by atoms with Gasteiger partial charge < -0.3 is 0 Å². The smallest absolute Gasteiger partial charge is 0.0940 e. The Morgan fingerprint density at radius 1 is 1.67 bits per heavy atom. The molecule has 1 aromatic rings. The van der Waals surface area contributed by atoms with Crippen LogP contribution >= 0.6 is 11.3 Å². The van der Waals surface area contributed by atoms with Crippen molar-refractivity contribution in [2.75, 3.05) is 0 Å². The Balaban J connectivity index is 1.97. The molecule has 0 aliphatic heterocycles. The molecule has 0 saturated heterocycles. The molecule has 3 N–H and O–H groups in total. The third-order valence-corrected chi connectivity index (χ3v) is 4.34. The van der Waals surface area contributed by atoms with Crippen LogP contribution in [0.15, 0.2) is 11.6 Å². The molecule has 4 heteroatoms. The molecule has 0 aromatic carbocycles. The number of nitrogens with one attached hydrogen (secondary N) is 1. The van der Waals surface area contributed by atoms with Crippen molar-refractivity contribution >= 4 is 11.3 Å². The third-order valence-electron chi connectivity index (χ3n) is 3.54. The molecule has 1 saturated carbocycles. The summed E-state index contributed by atoms with van der Waals surface area (Å²) in [7, 11) is 0. The third kappa shape index (κ3) is 2.56. The van der Waals surface area contributed by atoms with Crippen molar-refractivity contribution in [1.82, 2.24) is 10.4 Å². The molecule has 15 heavy (non-hydrogen) atoms. The number of hydrogen-bond acceptors (Lipinski definition) is 4. The lowest BCUT2D eigenvalue weighted by atomic mass is 9.89. The van der Waals surface area contributed by atoms with Crippen LogP contribution in [0, 0.1) is 11.8 Å². The summed E-state index contributed by atoms with van der Waals surface area (Å²) >= 11 is 1.72. The number of nitrogens with zero attached hydrogens (tertiary/aromatic N) is 1. The van der Waals surface area contributed by atoms with E-state index < -0.39 is 0 Å². The van der Waals surface area contributed by atoms with E-state index in [-0.39, 0.29) is 0 Å². The van der Waals surface area contributed by atoms with Crippen molar-refractivity contribution < 1.29 is 0 Å². The predicted octanol–water partition coefficient (Wildman–Crippen LogP) is 1.95. The first-order chi connectivity index (χ1) is 7.31. The van der Waals surface area contributed by atoms with Gasteiger partial charge in [-0.25, -0.2) is 4.98 Å². The minimum Gasteiger partial charge on any atom is -0.271 e. The maximum Gasteiger partial charge on any atom is 0.0940 e. The van der Waals surface area contributed by atoms with Crippen LogP contribution in [0.1, 0.15) is 31.2 Å². The number of thiazole rings is 1. The normalized spacial score (nSPS) is 28.1. The van der Waals surface area contributed by atoms with Crippen LogP contribution in [0.3, 0.4) is 0 Å². The van der Waals surface area contributed by atoms with Crippen LogP contribution in [-0.2, 0) is 6.42 Å². The second kappa shape index (κ2) is 5.05. The fraction of sp³-hybridized carbons (Fsp3) is 0.727. The molecule has 1 heterocycles. The van der Waals surface area contributed by atoms with E-state index in [1.165, 1.54) is 24.3 Å². The Hall–Kier alpha value is -0.450. The maximum atomic E-state index is 5.66. The number of aromatic nitrogens is 1. The van der Waals surface area contributed by atoms with Crippen molar-refractivity contribution in [3.05, 3.63) is 16.6 Å². The van der Waals surface area contributed by atoms with Crippen molar-refractivity contribution in [2.24, 2.45) is 17.7 Å². The zero-order valence-electron chi connectivity index (χ0n) is 9.15. The highest BCUT2D eigenvalue weighted by Gasteiger charge is 2.30. The van der Waals surface area contributed by atoms with Crippen LogP contribution < -0.4 is 11.3 Å². The van der Waals surface area contributed by atoms with E-state index >= 15 is 0 Å². The van der Waals surface area contributed by atoms with Gasteiger partial charge >= 0.3 is 0 Å². The van der Waals surface area contributed by atoms with Crippen LogP contribution in [0.2, 0.25) is 0 Å². The Labute approximate surface area is 95.1 Å². The molecule has 3 nitrogen and oxygen atoms in total. The van der Waals surface area contributed by atoms with Gasteiger partial charge in [0, 0.05) is 24.0 Å². The molecule has 3 atom stereocenters. The van der Waals surface area contributed by atoms with Gasteiger partial charge in [-0.15, -0.1) is 11.3 Å². The van der Waals surface area contributed by atoms with Gasteiger partial charge in [0.2, 0.25) is 0 Å². The van der Waals surface area contributed by atoms with Gasteiger partial charge in [0.05, 0.1) is 5.01 Å². The fourth-order valence-corrected chi connectivity index (χ4v) is 3.32. The van der Waals surface area contributed by atoms with E-state index in [2.05, 4.69) is 17.3 Å². The number of rotatable bonds is 4. The Morgan fingerprint density at radius 2 is 2.53 bits per heavy atom. The fourth-order valence-electron chi connectivity index (χ4n) is 2.65. The van der Waals surface area contributed by atoms with Crippen molar-refractivity contribution in [3.63, 3.8) is 0 Å². The molecule has 2 rings (SSSR count). The van der Waals surface area contributed by atoms with E-state index in [0.717, 1.165) is 18.3 Å². The summed E-state index contributed by atoms with van der Waals surface area (Å²) < 4.78 is 0. The standard InChI is InChI=1S/C11H19N3S/c1-8-3-2-4-9(8)10(14-12)7-11-13-5-6-15-11/h5-6,8-10,14H,2-4,7,12H2,1H3. The highest BCUT2D eigenvalue weighted by Crippen LogP contribution is 2.34. The van der Waals surface area contributed by atoms with E-state index in [0.29, 0.717) is 6.04 Å². The summed E-state index contributed by atoms with van der Waals surface area (Å²) in [5, 5.41) is 3.22. The molecule has 1 fully saturated rings. The number of hydrazine groups is 1. The summed E-state index contributed by atoms with van der Waals surface area (Å²) in [4.78, 5) is 4.32. The lowest BCUT2D eigenvalue weighted by Gasteiger charge is -2.25. The predicted molar refractivity (Wildman–Crippen MR) is 63.4 cm³/mol. The second-order valence-electron chi connectivity index (χ2n) is 4.48. The van der Waals surface area contributed by atoms with Crippen LogP contribution in [-0.4, -0.2) is 11.0 Å². The van der Waals surface area contributed by atoms with Gasteiger partial charge in [0.15, 0.2) is 0 Å². The lowest BCUT2D eigenvalue weighted by molar-refractivity contribution is 0.297. The molecule has 0 spiro atoms. The van der Waals surface area contributed by atoms with E-state index in [9.17, 15) is 0 Å². The summed E-state index contributed by atoms with van der Waals surface area (Å²) in [5.74, 6) is 7.18. The van der Waals surface area contributed by atoms with Gasteiger partial charge in [-0.2, -0.15) is 0 Å². The molecule has 0 bridgehead atoms. The average molecular weight is 225 g/mol. The van der Waals surface area contributed by atoms with Gasteiger partial charge in [0.1, 0.15) is 0 Å². The molecule has 3 unspecified atom stereocenters. The van der Waals surface area contributed by atoms with Crippen LogP contribution in [0.5, 0.6) is 0 Å². The first-order valence-corrected chi connectivity index (χ1v) is 6.53. The van der Waals surface area contributed by atoms with Crippen molar-refractivity contribution in [3.8, 4) is 0 Å². The highest BCUT2D eigenvalue weighted by molar-refractivity contribution is 7.09.